The van der Waals surface area contributed by atoms with Gasteiger partial charge in [-0.05, 0) is 67.1 Å². The maximum atomic E-state index is 13.7. The van der Waals surface area contributed by atoms with Crippen LogP contribution in [0, 0.1) is 0 Å². The maximum absolute atomic E-state index is 13.7. The molecule has 1 atom stereocenters. The van der Waals surface area contributed by atoms with Crippen LogP contribution in [0.3, 0.4) is 0 Å². The van der Waals surface area contributed by atoms with Gasteiger partial charge in [0.05, 0.1) is 30.8 Å². The number of ether oxygens (including phenoxy) is 1. The van der Waals surface area contributed by atoms with E-state index in [4.69, 9.17) is 21.3 Å². The summed E-state index contributed by atoms with van der Waals surface area (Å²) in [6, 6.07) is 14.2. The number of methoxy groups -OCH3 is 1. The molecule has 0 bridgehead atoms. The summed E-state index contributed by atoms with van der Waals surface area (Å²) in [5, 5.41) is 6.31. The van der Waals surface area contributed by atoms with Crippen molar-refractivity contribution in [1.82, 2.24) is 9.80 Å². The first-order valence-corrected chi connectivity index (χ1v) is 13.1. The van der Waals surface area contributed by atoms with E-state index >= 15 is 0 Å². The third kappa shape index (κ3) is 4.88. The van der Waals surface area contributed by atoms with E-state index in [1.807, 2.05) is 46.4 Å². The molecule has 1 saturated heterocycles. The molecule has 7 nitrogen and oxygen atoms in total. The Morgan fingerprint density at radius 3 is 2.61 bits per heavy atom. The summed E-state index contributed by atoms with van der Waals surface area (Å²) in [6.45, 7) is 3.44. The van der Waals surface area contributed by atoms with Crippen molar-refractivity contribution < 1.29 is 14.3 Å². The van der Waals surface area contributed by atoms with E-state index in [1.165, 1.54) is 11.8 Å². The Hall–Kier alpha value is -3.23. The number of likely N-dealkylation sites (tertiary alicyclic amines) is 1. The van der Waals surface area contributed by atoms with E-state index in [1.54, 1.807) is 31.4 Å². The van der Waals surface area contributed by atoms with Crippen LogP contribution in [-0.4, -0.2) is 47.0 Å². The molecule has 3 heterocycles. The number of aliphatic imine (C=N–C) groups is 1. The SMILES string of the molecule is COc1ccc(NC(=O)C2=C(C)N=C3SC=C(CC(=O)N4CCCC4)N3C2c2cccc(Cl)c2)cc1. The fourth-order valence-electron chi connectivity index (χ4n) is 4.76. The fraction of sp³-hybridized carbons (Fsp3) is 0.296. The highest BCUT2D eigenvalue weighted by Gasteiger charge is 2.41. The molecule has 36 heavy (non-hydrogen) atoms. The summed E-state index contributed by atoms with van der Waals surface area (Å²) in [4.78, 5) is 35.4. The van der Waals surface area contributed by atoms with Crippen LogP contribution in [0.15, 0.2) is 75.9 Å². The number of fused-ring (bicyclic) bond motifs is 1. The van der Waals surface area contributed by atoms with Crippen molar-refractivity contribution in [2.75, 3.05) is 25.5 Å². The average molecular weight is 523 g/mol. The number of benzene rings is 2. The van der Waals surface area contributed by atoms with Gasteiger partial charge in [-0.15, -0.1) is 0 Å². The standard InChI is InChI=1S/C27H27ClN4O3S/c1-17-24(26(34)30-20-8-10-22(35-2)11-9-20)25(18-6-5-7-19(28)14-18)32-21(16-36-27(32)29-17)15-23(33)31-12-3-4-13-31/h5-11,14,16,25H,3-4,12-13,15H2,1-2H3,(H,30,34). The minimum Gasteiger partial charge on any atom is -0.497 e. The van der Waals surface area contributed by atoms with Gasteiger partial charge in [0.15, 0.2) is 5.17 Å². The molecule has 1 unspecified atom stereocenters. The van der Waals surface area contributed by atoms with Crippen LogP contribution in [0.25, 0.3) is 0 Å². The fourth-order valence-corrected chi connectivity index (χ4v) is 5.92. The highest BCUT2D eigenvalue weighted by Crippen LogP contribution is 2.45. The van der Waals surface area contributed by atoms with Crippen molar-refractivity contribution in [2.24, 2.45) is 4.99 Å². The Bertz CT molecular complexity index is 1280. The lowest BCUT2D eigenvalue weighted by molar-refractivity contribution is -0.129. The van der Waals surface area contributed by atoms with Crippen molar-refractivity contribution in [3.63, 3.8) is 0 Å². The van der Waals surface area contributed by atoms with Gasteiger partial charge in [0.1, 0.15) is 5.75 Å². The number of hydrogen-bond acceptors (Lipinski definition) is 6. The molecule has 2 aromatic carbocycles. The van der Waals surface area contributed by atoms with Gasteiger partial charge in [-0.1, -0.05) is 35.5 Å². The molecule has 0 saturated carbocycles. The Labute approximate surface area is 219 Å². The number of anilines is 1. The minimum atomic E-state index is -0.470. The van der Waals surface area contributed by atoms with E-state index in [9.17, 15) is 9.59 Å². The van der Waals surface area contributed by atoms with Crippen LogP contribution in [-0.2, 0) is 9.59 Å². The predicted molar refractivity (Wildman–Crippen MR) is 144 cm³/mol. The van der Waals surface area contributed by atoms with Crippen molar-refractivity contribution in [3.05, 3.63) is 81.5 Å². The van der Waals surface area contributed by atoms with Gasteiger partial charge in [-0.2, -0.15) is 0 Å². The summed E-state index contributed by atoms with van der Waals surface area (Å²) >= 11 is 7.86. The number of hydrogen-bond donors (Lipinski definition) is 1. The number of nitrogens with zero attached hydrogens (tertiary/aromatic N) is 3. The summed E-state index contributed by atoms with van der Waals surface area (Å²) in [5.74, 6) is 0.548. The van der Waals surface area contributed by atoms with E-state index in [-0.39, 0.29) is 18.2 Å². The van der Waals surface area contributed by atoms with Crippen LogP contribution in [0.1, 0.15) is 37.8 Å². The molecule has 3 aliphatic rings. The summed E-state index contributed by atoms with van der Waals surface area (Å²) < 4.78 is 5.22. The number of carbonyl (C=O) groups is 2. The van der Waals surface area contributed by atoms with Crippen molar-refractivity contribution >= 4 is 46.0 Å². The molecule has 0 radical (unpaired) electrons. The van der Waals surface area contributed by atoms with Crippen LogP contribution in [0.2, 0.25) is 5.02 Å². The number of amides is 2. The first-order chi connectivity index (χ1) is 17.4. The Morgan fingerprint density at radius 1 is 1.17 bits per heavy atom. The first-order valence-electron chi connectivity index (χ1n) is 11.9. The molecule has 1 fully saturated rings. The molecule has 0 spiro atoms. The zero-order valence-electron chi connectivity index (χ0n) is 20.2. The second-order valence-electron chi connectivity index (χ2n) is 8.90. The predicted octanol–water partition coefficient (Wildman–Crippen LogP) is 5.57. The zero-order valence-corrected chi connectivity index (χ0v) is 21.7. The lowest BCUT2D eigenvalue weighted by Crippen LogP contribution is -2.39. The number of carbonyl (C=O) groups excluding carboxylic acids is 2. The van der Waals surface area contributed by atoms with Crippen LogP contribution < -0.4 is 10.1 Å². The summed E-state index contributed by atoms with van der Waals surface area (Å²) in [5.41, 5.74) is 3.49. The number of halogens is 1. The number of thioether (sulfide) groups is 1. The number of rotatable bonds is 6. The number of allylic oxidation sites excluding steroid dienone is 1. The molecule has 3 aliphatic heterocycles. The molecular weight excluding hydrogens is 496 g/mol. The highest BCUT2D eigenvalue weighted by atomic mass is 35.5. The topological polar surface area (TPSA) is 74.2 Å². The molecule has 9 heteroatoms. The van der Waals surface area contributed by atoms with Crippen molar-refractivity contribution in [3.8, 4) is 5.75 Å². The molecule has 5 rings (SSSR count). The monoisotopic (exact) mass is 522 g/mol. The van der Waals surface area contributed by atoms with Gasteiger partial charge in [-0.25, -0.2) is 4.99 Å². The quantitative estimate of drug-likeness (QED) is 0.536. The largest absolute Gasteiger partial charge is 0.497 e. The van der Waals surface area contributed by atoms with Crippen LogP contribution in [0.4, 0.5) is 5.69 Å². The van der Waals surface area contributed by atoms with Gasteiger partial charge in [-0.3, -0.25) is 9.59 Å². The summed E-state index contributed by atoms with van der Waals surface area (Å²) in [7, 11) is 1.60. The number of nitrogens with one attached hydrogen (secondary N) is 1. The molecule has 186 valence electrons. The third-order valence-corrected chi connectivity index (χ3v) is 7.67. The lowest BCUT2D eigenvalue weighted by Gasteiger charge is -2.37. The lowest BCUT2D eigenvalue weighted by atomic mass is 9.93. The highest BCUT2D eigenvalue weighted by molar-refractivity contribution is 8.16. The molecule has 1 N–H and O–H groups in total. The van der Waals surface area contributed by atoms with Gasteiger partial charge >= 0.3 is 0 Å². The number of amidine groups is 1. The van der Waals surface area contributed by atoms with E-state index < -0.39 is 6.04 Å². The Kier molecular flexibility index (Phi) is 7.07. The smallest absolute Gasteiger partial charge is 0.255 e. The molecular formula is C27H27ClN4O3S. The molecule has 2 amide bonds. The van der Waals surface area contributed by atoms with Crippen molar-refractivity contribution in [1.29, 1.82) is 0 Å². The zero-order chi connectivity index (χ0) is 25.2. The first kappa shape index (κ1) is 24.5. The molecule has 2 aromatic rings. The Balaban J connectivity index is 1.49. The van der Waals surface area contributed by atoms with E-state index in [0.29, 0.717) is 27.7 Å². The van der Waals surface area contributed by atoms with E-state index in [2.05, 4.69) is 5.32 Å². The van der Waals surface area contributed by atoms with Gasteiger partial charge in [0.2, 0.25) is 5.91 Å². The van der Waals surface area contributed by atoms with Crippen molar-refractivity contribution in [2.45, 2.75) is 32.2 Å². The van der Waals surface area contributed by atoms with Crippen LogP contribution in [0.5, 0.6) is 5.75 Å². The maximum Gasteiger partial charge on any atom is 0.255 e. The second-order valence-corrected chi connectivity index (χ2v) is 10.2. The minimum absolute atomic E-state index is 0.0981. The van der Waals surface area contributed by atoms with Gasteiger partial charge in [0, 0.05) is 29.5 Å². The third-order valence-electron chi connectivity index (χ3n) is 6.55. The van der Waals surface area contributed by atoms with Crippen LogP contribution >= 0.6 is 23.4 Å². The average Bonchev–Trinajstić information content (AvgIpc) is 3.54. The summed E-state index contributed by atoms with van der Waals surface area (Å²) in [6.07, 6.45) is 2.34. The second kappa shape index (κ2) is 10.4. The molecule has 0 aliphatic carbocycles. The van der Waals surface area contributed by atoms with Gasteiger partial charge in [0.25, 0.3) is 5.91 Å². The van der Waals surface area contributed by atoms with E-state index in [0.717, 1.165) is 42.4 Å². The Morgan fingerprint density at radius 2 is 1.92 bits per heavy atom. The normalized spacial score (nSPS) is 19.1. The van der Waals surface area contributed by atoms with Gasteiger partial charge < -0.3 is 19.9 Å². The molecule has 0 aromatic heterocycles.